The van der Waals surface area contributed by atoms with Gasteiger partial charge in [0.25, 0.3) is 0 Å². The van der Waals surface area contributed by atoms with E-state index in [-0.39, 0.29) is 5.91 Å². The molecule has 0 spiro atoms. The van der Waals surface area contributed by atoms with Crippen LogP contribution in [-0.4, -0.2) is 59.6 Å². The Morgan fingerprint density at radius 1 is 1.20 bits per heavy atom. The van der Waals surface area contributed by atoms with Crippen molar-refractivity contribution < 1.29 is 9.53 Å². The van der Waals surface area contributed by atoms with Crippen LogP contribution in [0.3, 0.4) is 0 Å². The van der Waals surface area contributed by atoms with Gasteiger partial charge in [0.1, 0.15) is 11.6 Å². The number of imidazole rings is 1. The molecule has 0 N–H and O–H groups in total. The Bertz CT molecular complexity index is 1030. The maximum Gasteiger partial charge on any atom is 0.236 e. The van der Waals surface area contributed by atoms with Crippen molar-refractivity contribution in [2.45, 2.75) is 25.9 Å². The number of fused-ring (bicyclic) bond motifs is 2. The zero-order chi connectivity index (χ0) is 21.1. The third-order valence-corrected chi connectivity index (χ3v) is 5.98. The van der Waals surface area contributed by atoms with Crippen molar-refractivity contribution in [3.8, 4) is 5.75 Å². The zero-order valence-electron chi connectivity index (χ0n) is 18.0. The number of aromatic nitrogens is 2. The molecule has 2 heterocycles. The van der Waals surface area contributed by atoms with E-state index in [2.05, 4.69) is 44.9 Å². The van der Waals surface area contributed by atoms with Crippen LogP contribution < -0.4 is 4.74 Å². The first kappa shape index (κ1) is 20.4. The van der Waals surface area contributed by atoms with E-state index in [1.807, 2.05) is 37.3 Å². The number of hydrogen-bond donors (Lipinski definition) is 0. The minimum atomic E-state index is 0.143. The van der Waals surface area contributed by atoms with E-state index in [1.54, 1.807) is 7.11 Å². The van der Waals surface area contributed by atoms with E-state index in [9.17, 15) is 4.79 Å². The first-order valence-electron chi connectivity index (χ1n) is 10.5. The highest BCUT2D eigenvalue weighted by Crippen LogP contribution is 2.23. The molecule has 3 aromatic rings. The van der Waals surface area contributed by atoms with Crippen molar-refractivity contribution in [3.63, 3.8) is 0 Å². The van der Waals surface area contributed by atoms with Gasteiger partial charge < -0.3 is 14.2 Å². The fraction of sp³-hybridized carbons (Fsp3) is 0.417. The summed E-state index contributed by atoms with van der Waals surface area (Å²) in [4.78, 5) is 21.2. The Hall–Kier alpha value is -2.86. The van der Waals surface area contributed by atoms with Crippen LogP contribution in [0.1, 0.15) is 17.8 Å². The minimum Gasteiger partial charge on any atom is -0.497 e. The summed E-state index contributed by atoms with van der Waals surface area (Å²) < 4.78 is 7.52. The van der Waals surface area contributed by atoms with Crippen LogP contribution in [-0.2, 0) is 24.3 Å². The Balaban J connectivity index is 1.30. The molecule has 2 aromatic carbocycles. The van der Waals surface area contributed by atoms with Crippen molar-refractivity contribution in [2.24, 2.45) is 5.92 Å². The van der Waals surface area contributed by atoms with Gasteiger partial charge in [-0.15, -0.1) is 0 Å². The van der Waals surface area contributed by atoms with E-state index in [1.165, 1.54) is 0 Å². The number of carbonyl (C=O) groups excluding carboxylic acids is 1. The molecule has 1 aromatic heterocycles. The number of ether oxygens (including phenoxy) is 1. The molecule has 0 unspecified atom stereocenters. The second-order valence-electron chi connectivity index (χ2n) is 8.39. The lowest BCUT2D eigenvalue weighted by Gasteiger charge is -2.28. The number of hydrogen-bond acceptors (Lipinski definition) is 4. The number of nitrogens with zero attached hydrogens (tertiary/aromatic N) is 4. The van der Waals surface area contributed by atoms with E-state index in [4.69, 9.17) is 4.74 Å². The largest absolute Gasteiger partial charge is 0.497 e. The second-order valence-corrected chi connectivity index (χ2v) is 8.39. The van der Waals surface area contributed by atoms with Gasteiger partial charge in [0.2, 0.25) is 5.91 Å². The smallest absolute Gasteiger partial charge is 0.236 e. The standard InChI is InChI=1S/C24H30N4O2/c1-26(15-19-8-10-28-11-9-25-23(28)13-19)17-24(29)27(2)16-18-4-5-21-14-22(30-3)7-6-20(21)12-18/h4-7,9,11-12,14,19H,8,10,13,15-17H2,1-3H3/t19-/m1/s1. The van der Waals surface area contributed by atoms with Crippen LogP contribution in [0, 0.1) is 5.92 Å². The summed E-state index contributed by atoms with van der Waals surface area (Å²) in [5.41, 5.74) is 1.13. The van der Waals surface area contributed by atoms with Crippen molar-refractivity contribution in [3.05, 3.63) is 60.2 Å². The van der Waals surface area contributed by atoms with Gasteiger partial charge in [-0.05, 0) is 53.9 Å². The summed E-state index contributed by atoms with van der Waals surface area (Å²) in [7, 11) is 5.60. The SMILES string of the molecule is COc1ccc2cc(CN(C)C(=O)CN(C)C[C@@H]3CCn4ccnc4C3)ccc2c1. The zero-order valence-corrected chi connectivity index (χ0v) is 18.0. The number of likely N-dealkylation sites (N-methyl/N-ethyl adjacent to an activating group) is 2. The topological polar surface area (TPSA) is 50.6 Å². The molecular weight excluding hydrogens is 376 g/mol. The number of amides is 1. The predicted octanol–water partition coefficient (Wildman–Crippen LogP) is 3.20. The normalized spacial score (nSPS) is 15.9. The average molecular weight is 407 g/mol. The molecular formula is C24H30N4O2. The summed E-state index contributed by atoms with van der Waals surface area (Å²) in [6.07, 6.45) is 6.06. The molecule has 0 saturated heterocycles. The van der Waals surface area contributed by atoms with Gasteiger partial charge in [-0.3, -0.25) is 9.69 Å². The molecule has 30 heavy (non-hydrogen) atoms. The molecule has 1 atom stereocenters. The number of aryl methyl sites for hydroxylation is 1. The van der Waals surface area contributed by atoms with Gasteiger partial charge in [-0.25, -0.2) is 4.98 Å². The highest BCUT2D eigenvalue weighted by molar-refractivity contribution is 5.84. The van der Waals surface area contributed by atoms with Gasteiger partial charge in [0.15, 0.2) is 0 Å². The summed E-state index contributed by atoms with van der Waals surface area (Å²) in [6, 6.07) is 12.4. The fourth-order valence-corrected chi connectivity index (χ4v) is 4.29. The third kappa shape index (κ3) is 4.65. The molecule has 1 amide bonds. The number of rotatable bonds is 7. The molecule has 0 bridgehead atoms. The van der Waals surface area contributed by atoms with Crippen LogP contribution in [0.25, 0.3) is 10.8 Å². The maximum atomic E-state index is 12.8. The summed E-state index contributed by atoms with van der Waals surface area (Å²) in [5, 5.41) is 2.29. The van der Waals surface area contributed by atoms with Gasteiger partial charge in [-0.2, -0.15) is 0 Å². The molecule has 0 fully saturated rings. The van der Waals surface area contributed by atoms with Crippen LogP contribution in [0.4, 0.5) is 0 Å². The predicted molar refractivity (Wildman–Crippen MR) is 119 cm³/mol. The summed E-state index contributed by atoms with van der Waals surface area (Å²) in [5.74, 6) is 2.72. The molecule has 158 valence electrons. The van der Waals surface area contributed by atoms with Gasteiger partial charge in [-0.1, -0.05) is 18.2 Å². The minimum absolute atomic E-state index is 0.143. The first-order chi connectivity index (χ1) is 14.5. The number of methoxy groups -OCH3 is 1. The number of benzene rings is 2. The molecule has 0 saturated carbocycles. The fourth-order valence-electron chi connectivity index (χ4n) is 4.29. The lowest BCUT2D eigenvalue weighted by atomic mass is 9.97. The first-order valence-corrected chi connectivity index (χ1v) is 10.5. The van der Waals surface area contributed by atoms with Crippen molar-refractivity contribution >= 4 is 16.7 Å². The summed E-state index contributed by atoms with van der Waals surface area (Å²) >= 11 is 0. The quantitative estimate of drug-likeness (QED) is 0.605. The Kier molecular flexibility index (Phi) is 6.04. The van der Waals surface area contributed by atoms with Crippen molar-refractivity contribution in [1.29, 1.82) is 0 Å². The van der Waals surface area contributed by atoms with E-state index >= 15 is 0 Å². The van der Waals surface area contributed by atoms with Gasteiger partial charge >= 0.3 is 0 Å². The molecule has 0 aliphatic carbocycles. The monoisotopic (exact) mass is 406 g/mol. The van der Waals surface area contributed by atoms with E-state index < -0.39 is 0 Å². The Labute approximate surface area is 178 Å². The van der Waals surface area contributed by atoms with Crippen LogP contribution in [0.5, 0.6) is 5.75 Å². The molecule has 1 aliphatic heterocycles. The van der Waals surface area contributed by atoms with Gasteiger partial charge in [0, 0.05) is 45.5 Å². The second kappa shape index (κ2) is 8.88. The molecule has 1 aliphatic rings. The number of carbonyl (C=O) groups is 1. The lowest BCUT2D eigenvalue weighted by Crippen LogP contribution is -2.39. The summed E-state index contributed by atoms with van der Waals surface area (Å²) in [6.45, 7) is 2.99. The van der Waals surface area contributed by atoms with E-state index in [0.29, 0.717) is 19.0 Å². The van der Waals surface area contributed by atoms with Crippen LogP contribution in [0.2, 0.25) is 0 Å². The van der Waals surface area contributed by atoms with E-state index in [0.717, 1.165) is 53.8 Å². The Morgan fingerprint density at radius 2 is 2.00 bits per heavy atom. The molecule has 0 radical (unpaired) electrons. The van der Waals surface area contributed by atoms with Crippen LogP contribution in [0.15, 0.2) is 48.8 Å². The van der Waals surface area contributed by atoms with Crippen molar-refractivity contribution in [2.75, 3.05) is 34.3 Å². The maximum absolute atomic E-state index is 12.8. The van der Waals surface area contributed by atoms with Crippen LogP contribution >= 0.6 is 0 Å². The third-order valence-electron chi connectivity index (χ3n) is 5.98. The van der Waals surface area contributed by atoms with Crippen molar-refractivity contribution in [1.82, 2.24) is 19.4 Å². The molecule has 4 rings (SSSR count). The lowest BCUT2D eigenvalue weighted by molar-refractivity contribution is -0.131. The highest BCUT2D eigenvalue weighted by atomic mass is 16.5. The van der Waals surface area contributed by atoms with Gasteiger partial charge in [0.05, 0.1) is 13.7 Å². The Morgan fingerprint density at radius 3 is 2.83 bits per heavy atom. The average Bonchev–Trinajstić information content (AvgIpc) is 3.21. The molecule has 6 nitrogen and oxygen atoms in total. The molecule has 6 heteroatoms. The highest BCUT2D eigenvalue weighted by Gasteiger charge is 2.22.